The zero-order chi connectivity index (χ0) is 16.6. The van der Waals surface area contributed by atoms with E-state index in [4.69, 9.17) is 28.3 Å². The minimum Gasteiger partial charge on any atom is -0.481 e. The Morgan fingerprint density at radius 2 is 1.96 bits per heavy atom. The molecule has 1 saturated carbocycles. The molecule has 0 saturated heterocycles. The van der Waals surface area contributed by atoms with Gasteiger partial charge in [-0.05, 0) is 37.1 Å². The number of amides is 1. The number of rotatable bonds is 4. The molecule has 0 aliphatic heterocycles. The fraction of sp³-hybridized carbons (Fsp3) is 0.267. The second kappa shape index (κ2) is 6.22. The van der Waals surface area contributed by atoms with Gasteiger partial charge >= 0.3 is 5.97 Å². The topological polar surface area (TPSA) is 84.2 Å². The van der Waals surface area contributed by atoms with Gasteiger partial charge in [-0.3, -0.25) is 9.59 Å². The van der Waals surface area contributed by atoms with Crippen LogP contribution >= 0.6 is 23.2 Å². The fourth-order valence-electron chi connectivity index (χ4n) is 2.41. The number of aromatic nitrogens is 2. The molecule has 0 atom stereocenters. The summed E-state index contributed by atoms with van der Waals surface area (Å²) in [5.41, 5.74) is 0.947. The lowest BCUT2D eigenvalue weighted by molar-refractivity contribution is -0.145. The van der Waals surface area contributed by atoms with Gasteiger partial charge in [-0.2, -0.15) is 5.10 Å². The molecule has 6 nitrogen and oxygen atoms in total. The van der Waals surface area contributed by atoms with Gasteiger partial charge in [0.15, 0.2) is 5.69 Å². The van der Waals surface area contributed by atoms with Crippen LogP contribution in [0.4, 0.5) is 0 Å². The van der Waals surface area contributed by atoms with E-state index in [0.29, 0.717) is 28.6 Å². The van der Waals surface area contributed by atoms with Crippen molar-refractivity contribution < 1.29 is 14.7 Å². The number of nitrogens with zero attached hydrogens (tertiary/aromatic N) is 2. The summed E-state index contributed by atoms with van der Waals surface area (Å²) in [4.78, 5) is 22.9. The van der Waals surface area contributed by atoms with Crippen LogP contribution < -0.4 is 5.32 Å². The summed E-state index contributed by atoms with van der Waals surface area (Å²) in [5.74, 6) is -1.51. The van der Waals surface area contributed by atoms with Crippen molar-refractivity contribution >= 4 is 35.1 Å². The van der Waals surface area contributed by atoms with Crippen molar-refractivity contribution in [3.8, 4) is 5.69 Å². The van der Waals surface area contributed by atoms with Gasteiger partial charge in [0.1, 0.15) is 0 Å². The van der Waals surface area contributed by atoms with E-state index in [9.17, 15) is 9.59 Å². The molecule has 0 bridgehead atoms. The Morgan fingerprint density at radius 3 is 2.61 bits per heavy atom. The van der Waals surface area contributed by atoms with E-state index in [0.717, 1.165) is 0 Å². The molecule has 0 unspecified atom stereocenters. The Morgan fingerprint density at radius 1 is 1.22 bits per heavy atom. The lowest BCUT2D eigenvalue weighted by Crippen LogP contribution is -2.46. The van der Waals surface area contributed by atoms with Gasteiger partial charge in [0.25, 0.3) is 5.91 Å². The van der Waals surface area contributed by atoms with Gasteiger partial charge in [-0.15, -0.1) is 0 Å². The van der Waals surface area contributed by atoms with Gasteiger partial charge in [-0.25, -0.2) is 4.68 Å². The molecule has 1 aliphatic rings. The van der Waals surface area contributed by atoms with Crippen LogP contribution in [0.5, 0.6) is 0 Å². The number of carbonyl (C=O) groups is 2. The predicted octanol–water partition coefficient (Wildman–Crippen LogP) is 2.77. The van der Waals surface area contributed by atoms with E-state index >= 15 is 0 Å². The largest absolute Gasteiger partial charge is 0.481 e. The van der Waals surface area contributed by atoms with Crippen molar-refractivity contribution in [2.24, 2.45) is 5.92 Å². The molecule has 1 fully saturated rings. The summed E-state index contributed by atoms with van der Waals surface area (Å²) >= 11 is 11.8. The number of benzene rings is 1. The summed E-state index contributed by atoms with van der Waals surface area (Å²) in [7, 11) is 0. The molecule has 23 heavy (non-hydrogen) atoms. The summed E-state index contributed by atoms with van der Waals surface area (Å²) in [5, 5.41) is 16.7. The smallest absolute Gasteiger partial charge is 0.306 e. The van der Waals surface area contributed by atoms with E-state index in [1.165, 1.54) is 4.68 Å². The molecule has 8 heteroatoms. The third-order valence-corrected chi connectivity index (χ3v) is 4.55. The van der Waals surface area contributed by atoms with E-state index in [1.54, 1.807) is 30.5 Å². The van der Waals surface area contributed by atoms with Crippen molar-refractivity contribution in [1.82, 2.24) is 15.1 Å². The quantitative estimate of drug-likeness (QED) is 0.884. The van der Waals surface area contributed by atoms with Crippen LogP contribution in [-0.4, -0.2) is 32.8 Å². The number of hydrogen-bond acceptors (Lipinski definition) is 3. The van der Waals surface area contributed by atoms with E-state index in [1.807, 2.05) is 0 Å². The number of carboxylic acid groups (broad SMARTS) is 1. The third-order valence-electron chi connectivity index (χ3n) is 3.81. The maximum Gasteiger partial charge on any atom is 0.306 e. The third kappa shape index (κ3) is 3.33. The van der Waals surface area contributed by atoms with Crippen LogP contribution in [0.2, 0.25) is 10.0 Å². The molecule has 3 rings (SSSR count). The van der Waals surface area contributed by atoms with Crippen LogP contribution in [0.3, 0.4) is 0 Å². The highest BCUT2D eigenvalue weighted by molar-refractivity contribution is 6.42. The van der Waals surface area contributed by atoms with Gasteiger partial charge in [0.2, 0.25) is 0 Å². The summed E-state index contributed by atoms with van der Waals surface area (Å²) in [6.07, 6.45) is 2.55. The van der Waals surface area contributed by atoms with Gasteiger partial charge in [0, 0.05) is 12.2 Å². The highest BCUT2D eigenvalue weighted by atomic mass is 35.5. The fourth-order valence-corrected chi connectivity index (χ4v) is 2.71. The normalized spacial score (nSPS) is 19.9. The standard InChI is InChI=1S/C15H13Cl2N3O3/c16-11-2-1-10(7-12(11)17)20-4-3-13(19-20)14(21)18-9-5-8(6-9)15(22)23/h1-4,7-9H,5-6H2,(H,18,21)(H,22,23). The highest BCUT2D eigenvalue weighted by Crippen LogP contribution is 2.28. The number of nitrogens with one attached hydrogen (secondary N) is 1. The number of carbonyl (C=O) groups excluding carboxylic acids is 1. The lowest BCUT2D eigenvalue weighted by atomic mass is 9.80. The molecule has 1 heterocycles. The second-order valence-electron chi connectivity index (χ2n) is 5.42. The average Bonchev–Trinajstić information content (AvgIpc) is 2.94. The maximum absolute atomic E-state index is 12.1. The first-order valence-electron chi connectivity index (χ1n) is 6.99. The van der Waals surface area contributed by atoms with E-state index in [2.05, 4.69) is 10.4 Å². The van der Waals surface area contributed by atoms with Crippen LogP contribution in [-0.2, 0) is 4.79 Å². The Hall–Kier alpha value is -2.05. The van der Waals surface area contributed by atoms with Crippen molar-refractivity contribution in [2.75, 3.05) is 0 Å². The van der Waals surface area contributed by atoms with E-state index < -0.39 is 5.97 Å². The van der Waals surface area contributed by atoms with Crippen LogP contribution in [0.15, 0.2) is 30.5 Å². The molecule has 2 N–H and O–H groups in total. The minimum atomic E-state index is -0.820. The van der Waals surface area contributed by atoms with E-state index in [-0.39, 0.29) is 23.6 Å². The first kappa shape index (κ1) is 15.8. The molecule has 120 valence electrons. The molecule has 1 aromatic heterocycles. The van der Waals surface area contributed by atoms with Gasteiger partial charge in [0.05, 0.1) is 21.7 Å². The zero-order valence-corrected chi connectivity index (χ0v) is 13.4. The lowest BCUT2D eigenvalue weighted by Gasteiger charge is -2.32. The van der Waals surface area contributed by atoms with Crippen LogP contribution in [0.25, 0.3) is 5.69 Å². The Kier molecular flexibility index (Phi) is 4.28. The molecule has 1 aromatic carbocycles. The first-order valence-corrected chi connectivity index (χ1v) is 7.74. The second-order valence-corrected chi connectivity index (χ2v) is 6.24. The van der Waals surface area contributed by atoms with Gasteiger partial charge < -0.3 is 10.4 Å². The van der Waals surface area contributed by atoms with Crippen LogP contribution in [0.1, 0.15) is 23.3 Å². The molecular weight excluding hydrogens is 341 g/mol. The molecule has 1 amide bonds. The molecule has 0 spiro atoms. The molecule has 0 radical (unpaired) electrons. The van der Waals surface area contributed by atoms with Crippen molar-refractivity contribution in [2.45, 2.75) is 18.9 Å². The Balaban J connectivity index is 1.66. The first-order chi connectivity index (χ1) is 10.9. The summed E-state index contributed by atoms with van der Waals surface area (Å²) < 4.78 is 1.53. The van der Waals surface area contributed by atoms with Crippen molar-refractivity contribution in [1.29, 1.82) is 0 Å². The SMILES string of the molecule is O=C(NC1CC(C(=O)O)C1)c1ccn(-c2ccc(Cl)c(Cl)c2)n1. The minimum absolute atomic E-state index is 0.112. The Labute approximate surface area is 142 Å². The Bertz CT molecular complexity index is 769. The molecular formula is C15H13Cl2N3O3. The maximum atomic E-state index is 12.1. The number of halogens is 2. The van der Waals surface area contributed by atoms with Gasteiger partial charge in [-0.1, -0.05) is 23.2 Å². The molecule has 2 aromatic rings. The monoisotopic (exact) mass is 353 g/mol. The average molecular weight is 354 g/mol. The zero-order valence-electron chi connectivity index (χ0n) is 11.9. The molecule has 1 aliphatic carbocycles. The van der Waals surface area contributed by atoms with Crippen LogP contribution in [0, 0.1) is 5.92 Å². The highest BCUT2D eigenvalue weighted by Gasteiger charge is 2.35. The number of aliphatic carboxylic acids is 1. The van der Waals surface area contributed by atoms with Crippen molar-refractivity contribution in [3.05, 3.63) is 46.2 Å². The summed E-state index contributed by atoms with van der Waals surface area (Å²) in [6, 6.07) is 6.53. The summed E-state index contributed by atoms with van der Waals surface area (Å²) in [6.45, 7) is 0. The predicted molar refractivity (Wildman–Crippen MR) is 85.2 cm³/mol. The number of hydrogen-bond donors (Lipinski definition) is 2. The number of carboxylic acids is 1. The van der Waals surface area contributed by atoms with Crippen molar-refractivity contribution in [3.63, 3.8) is 0 Å².